The van der Waals surface area contributed by atoms with Gasteiger partial charge >= 0.3 is 0 Å². The molecule has 0 bridgehead atoms. The van der Waals surface area contributed by atoms with Crippen LogP contribution in [0.2, 0.25) is 0 Å². The van der Waals surface area contributed by atoms with Gasteiger partial charge in [-0.05, 0) is 17.7 Å². The summed E-state index contributed by atoms with van der Waals surface area (Å²) in [5.41, 5.74) is 2.65. The van der Waals surface area contributed by atoms with E-state index in [9.17, 15) is 4.21 Å². The van der Waals surface area contributed by atoms with Gasteiger partial charge in [0.05, 0.1) is 5.69 Å². The van der Waals surface area contributed by atoms with Crippen LogP contribution in [0.1, 0.15) is 11.1 Å². The highest BCUT2D eigenvalue weighted by molar-refractivity contribution is 7.80. The Morgan fingerprint density at radius 1 is 1.11 bits per heavy atom. The van der Waals surface area contributed by atoms with E-state index in [0.29, 0.717) is 11.4 Å². The molecule has 0 radical (unpaired) electrons. The minimum atomic E-state index is -2.10. The van der Waals surface area contributed by atoms with Gasteiger partial charge in [-0.2, -0.15) is 0 Å². The van der Waals surface area contributed by atoms with E-state index in [1.807, 2.05) is 36.4 Å². The minimum Gasteiger partial charge on any atom is -0.455 e. The summed E-state index contributed by atoms with van der Waals surface area (Å²) in [6.07, 6.45) is 0.763. The quantitative estimate of drug-likeness (QED) is 0.697. The Balaban J connectivity index is 2.04. The van der Waals surface area contributed by atoms with E-state index in [-0.39, 0.29) is 0 Å². The van der Waals surface area contributed by atoms with Gasteiger partial charge in [-0.25, -0.2) is 4.21 Å². The van der Waals surface area contributed by atoms with Crippen molar-refractivity contribution < 1.29 is 13.5 Å². The predicted octanol–water partition coefficient (Wildman–Crippen LogP) is 2.93. The second kappa shape index (κ2) is 4.44. The summed E-state index contributed by atoms with van der Waals surface area (Å²) >= 11 is -2.10. The van der Waals surface area contributed by atoms with Crippen molar-refractivity contribution in [2.24, 2.45) is 0 Å². The largest absolute Gasteiger partial charge is 0.455 e. The molecule has 1 aliphatic rings. The Morgan fingerprint density at radius 2 is 1.89 bits per heavy atom. The lowest BCUT2D eigenvalue weighted by Crippen LogP contribution is -2.08. The SMILES string of the molecule is O=S(O)Nc1cccc2c1Oc1ccccc1C2. The number of ether oxygens (including phenoxy) is 1. The Hall–Kier alpha value is -1.85. The van der Waals surface area contributed by atoms with Gasteiger partial charge in [-0.3, -0.25) is 9.27 Å². The molecule has 0 fully saturated rings. The van der Waals surface area contributed by atoms with Crippen molar-refractivity contribution in [3.63, 3.8) is 0 Å². The third-order valence-corrected chi connectivity index (χ3v) is 3.25. The molecule has 2 aromatic rings. The molecule has 0 aliphatic carbocycles. The second-order valence-electron chi connectivity index (χ2n) is 4.03. The topological polar surface area (TPSA) is 58.6 Å². The van der Waals surface area contributed by atoms with Gasteiger partial charge in [0.25, 0.3) is 11.3 Å². The third-order valence-electron chi connectivity index (χ3n) is 2.86. The molecule has 4 nitrogen and oxygen atoms in total. The molecule has 0 saturated heterocycles. The van der Waals surface area contributed by atoms with Gasteiger partial charge in [-0.1, -0.05) is 30.3 Å². The fourth-order valence-electron chi connectivity index (χ4n) is 2.08. The Morgan fingerprint density at radius 3 is 2.72 bits per heavy atom. The average Bonchev–Trinajstić information content (AvgIpc) is 2.36. The van der Waals surface area contributed by atoms with Crippen molar-refractivity contribution in [3.05, 3.63) is 53.6 Å². The monoisotopic (exact) mass is 261 g/mol. The standard InChI is InChI=1S/C13H11NO3S/c15-18(16)14-11-6-3-5-10-8-9-4-1-2-7-12(9)17-13(10)11/h1-7,14H,8H2,(H,15,16). The average molecular weight is 261 g/mol. The van der Waals surface area contributed by atoms with Crippen molar-refractivity contribution in [3.8, 4) is 11.5 Å². The number of rotatable bonds is 2. The zero-order valence-electron chi connectivity index (χ0n) is 9.42. The first-order chi connectivity index (χ1) is 8.74. The lowest BCUT2D eigenvalue weighted by molar-refractivity contribution is 0.462. The van der Waals surface area contributed by atoms with Crippen molar-refractivity contribution >= 4 is 17.0 Å². The molecule has 3 rings (SSSR count). The summed E-state index contributed by atoms with van der Waals surface area (Å²) in [6, 6.07) is 13.3. The van der Waals surface area contributed by atoms with Crippen molar-refractivity contribution in [1.29, 1.82) is 0 Å². The summed E-state index contributed by atoms with van der Waals surface area (Å²) in [6.45, 7) is 0. The van der Waals surface area contributed by atoms with Gasteiger partial charge in [0, 0.05) is 12.0 Å². The summed E-state index contributed by atoms with van der Waals surface area (Å²) in [5.74, 6) is 1.42. The maximum absolute atomic E-state index is 10.8. The van der Waals surface area contributed by atoms with Crippen LogP contribution < -0.4 is 9.46 Å². The minimum absolute atomic E-state index is 0.530. The highest BCUT2D eigenvalue weighted by atomic mass is 32.2. The summed E-state index contributed by atoms with van der Waals surface area (Å²) in [4.78, 5) is 0. The Kier molecular flexibility index (Phi) is 2.77. The van der Waals surface area contributed by atoms with Gasteiger partial charge in [-0.15, -0.1) is 0 Å². The molecule has 0 aromatic heterocycles. The summed E-state index contributed by atoms with van der Waals surface area (Å²) in [5, 5.41) is 0. The maximum Gasteiger partial charge on any atom is 0.259 e. The van der Waals surface area contributed by atoms with Crippen molar-refractivity contribution in [1.82, 2.24) is 0 Å². The molecule has 2 aromatic carbocycles. The van der Waals surface area contributed by atoms with Crippen LogP contribution >= 0.6 is 0 Å². The smallest absolute Gasteiger partial charge is 0.259 e. The molecule has 1 unspecified atom stereocenters. The molecule has 2 N–H and O–H groups in total. The molecule has 92 valence electrons. The molecule has 1 atom stereocenters. The van der Waals surface area contributed by atoms with Gasteiger partial charge in [0.15, 0.2) is 5.75 Å². The second-order valence-corrected chi connectivity index (χ2v) is 4.73. The van der Waals surface area contributed by atoms with E-state index in [1.54, 1.807) is 6.07 Å². The van der Waals surface area contributed by atoms with Crippen molar-refractivity contribution in [2.75, 3.05) is 4.72 Å². The van der Waals surface area contributed by atoms with E-state index in [2.05, 4.69) is 4.72 Å². The van der Waals surface area contributed by atoms with E-state index >= 15 is 0 Å². The number of fused-ring (bicyclic) bond motifs is 2. The molecule has 1 heterocycles. The molecule has 0 saturated carbocycles. The molecular formula is C13H11NO3S. The van der Waals surface area contributed by atoms with E-state index in [4.69, 9.17) is 9.29 Å². The molecule has 0 spiro atoms. The first-order valence-electron chi connectivity index (χ1n) is 5.49. The van der Waals surface area contributed by atoms with E-state index in [1.165, 1.54) is 0 Å². The molecule has 18 heavy (non-hydrogen) atoms. The Bertz CT molecular complexity index is 627. The first kappa shape index (κ1) is 11.3. The number of hydrogen-bond acceptors (Lipinski definition) is 2. The van der Waals surface area contributed by atoms with Crippen LogP contribution in [0.5, 0.6) is 11.5 Å². The normalized spacial score (nSPS) is 14.1. The fourth-order valence-corrected chi connectivity index (χ4v) is 2.43. The highest BCUT2D eigenvalue weighted by Crippen LogP contribution is 2.40. The molecule has 1 aliphatic heterocycles. The summed E-state index contributed by atoms with van der Waals surface area (Å²) in [7, 11) is 0. The van der Waals surface area contributed by atoms with Crippen LogP contribution in [0.15, 0.2) is 42.5 Å². The molecular weight excluding hydrogens is 250 g/mol. The van der Waals surface area contributed by atoms with Crippen LogP contribution in [-0.4, -0.2) is 8.76 Å². The maximum atomic E-state index is 10.8. The van der Waals surface area contributed by atoms with Gasteiger partial charge < -0.3 is 4.74 Å². The van der Waals surface area contributed by atoms with E-state index in [0.717, 1.165) is 23.3 Å². The lowest BCUT2D eigenvalue weighted by atomic mass is 10.00. The predicted molar refractivity (Wildman–Crippen MR) is 70.2 cm³/mol. The summed E-state index contributed by atoms with van der Waals surface area (Å²) < 4.78 is 28.0. The highest BCUT2D eigenvalue weighted by Gasteiger charge is 2.19. The number of para-hydroxylation sites is 2. The third kappa shape index (κ3) is 1.98. The fraction of sp³-hybridized carbons (Fsp3) is 0.0769. The van der Waals surface area contributed by atoms with Crippen molar-refractivity contribution in [2.45, 2.75) is 6.42 Å². The zero-order valence-corrected chi connectivity index (χ0v) is 10.2. The molecule has 5 heteroatoms. The van der Waals surface area contributed by atoms with Crippen LogP contribution in [0.3, 0.4) is 0 Å². The number of benzene rings is 2. The molecule has 0 amide bonds. The first-order valence-corrected chi connectivity index (χ1v) is 6.60. The Labute approximate surface area is 107 Å². The van der Waals surface area contributed by atoms with E-state index < -0.39 is 11.3 Å². The zero-order chi connectivity index (χ0) is 12.5. The number of nitrogens with one attached hydrogen (secondary N) is 1. The number of hydrogen-bond donors (Lipinski definition) is 2. The van der Waals surface area contributed by atoms with Crippen LogP contribution in [0.25, 0.3) is 0 Å². The van der Waals surface area contributed by atoms with Crippen LogP contribution in [0, 0.1) is 0 Å². The number of anilines is 1. The lowest BCUT2D eigenvalue weighted by Gasteiger charge is -2.22. The van der Waals surface area contributed by atoms with Gasteiger partial charge in [0.2, 0.25) is 0 Å². The van der Waals surface area contributed by atoms with Crippen LogP contribution in [0.4, 0.5) is 5.69 Å². The van der Waals surface area contributed by atoms with Gasteiger partial charge in [0.1, 0.15) is 5.75 Å². The van der Waals surface area contributed by atoms with Crippen LogP contribution in [-0.2, 0) is 17.7 Å².